The van der Waals surface area contributed by atoms with Gasteiger partial charge in [0.1, 0.15) is 6.29 Å². The summed E-state index contributed by atoms with van der Waals surface area (Å²) in [4.78, 5) is 19.6. The minimum Gasteiger partial charge on any atom is -0.502 e. The van der Waals surface area contributed by atoms with Crippen molar-refractivity contribution in [1.29, 1.82) is 0 Å². The van der Waals surface area contributed by atoms with Crippen LogP contribution >= 0.6 is 30.1 Å². The molecule has 1 N–H and O–H groups in total. The van der Waals surface area contributed by atoms with Crippen molar-refractivity contribution in [2.45, 2.75) is 6.92 Å². The van der Waals surface area contributed by atoms with Gasteiger partial charge >= 0.3 is 5.69 Å². The highest BCUT2D eigenvalue weighted by Gasteiger charge is 2.23. The number of hydrogen-bond donors (Lipinski definition) is 1. The molecule has 4 rings (SSSR count). The third kappa shape index (κ3) is 7.32. The van der Waals surface area contributed by atoms with Gasteiger partial charge in [-0.25, -0.2) is 0 Å². The van der Waals surface area contributed by atoms with Gasteiger partial charge in [0.25, 0.3) is 0 Å². The molecule has 0 spiro atoms. The van der Waals surface area contributed by atoms with Crippen LogP contribution in [0.5, 0.6) is 5.75 Å². The van der Waals surface area contributed by atoms with Gasteiger partial charge in [0.2, 0.25) is 0 Å². The maximum absolute atomic E-state index is 10.2. The van der Waals surface area contributed by atoms with Crippen LogP contribution in [0, 0.1) is 10.1 Å². The van der Waals surface area contributed by atoms with Crippen molar-refractivity contribution in [3.8, 4) is 5.75 Å². The van der Waals surface area contributed by atoms with Crippen LogP contribution in [0.25, 0.3) is 0 Å². The zero-order chi connectivity index (χ0) is 26.4. The molecule has 0 unspecified atom stereocenters. The Balaban J connectivity index is 0.000000258. The summed E-state index contributed by atoms with van der Waals surface area (Å²) in [5.41, 5.74) is -0.196. The largest absolute Gasteiger partial charge is 0.502 e. The van der Waals surface area contributed by atoms with Crippen molar-refractivity contribution in [3.63, 3.8) is 0 Å². The Labute approximate surface area is 221 Å². The fourth-order valence-corrected chi connectivity index (χ4v) is 7.37. The average molecular weight is 542 g/mol. The third-order valence-corrected chi connectivity index (χ3v) is 9.32. The summed E-state index contributed by atoms with van der Waals surface area (Å²) in [6.07, 6.45) is 0.503. The Hall–Kier alpha value is -3.37. The molecular weight excluding hydrogens is 516 g/mol. The zero-order valence-corrected chi connectivity index (χ0v) is 22.0. The minimum atomic E-state index is -1.66. The molecule has 0 fully saturated rings. The molecule has 0 saturated carbocycles. The number of halogens is 2. The molecule has 0 aliphatic rings. The summed E-state index contributed by atoms with van der Waals surface area (Å²) in [7, 11) is 0. The molecule has 0 bridgehead atoms. The molecule has 0 radical (unpaired) electrons. The molecule has 0 saturated heterocycles. The van der Waals surface area contributed by atoms with Crippen molar-refractivity contribution < 1.29 is 14.8 Å². The maximum Gasteiger partial charge on any atom is 0.310 e. The molecule has 186 valence electrons. The number of phenolic OH excluding ortho intramolecular Hbond substituents is 1. The number of hydrogen-bond acceptors (Lipinski definition) is 4. The second-order valence-corrected chi connectivity index (χ2v) is 11.5. The van der Waals surface area contributed by atoms with E-state index in [9.17, 15) is 14.9 Å². The molecule has 0 aliphatic heterocycles. The summed E-state index contributed by atoms with van der Waals surface area (Å²) in [6, 6.07) is 36.0. The van der Waals surface area contributed by atoms with Gasteiger partial charge in [0, 0.05) is 11.6 Å². The summed E-state index contributed by atoms with van der Waals surface area (Å²) in [5.74, 6) is 1.91. The van der Waals surface area contributed by atoms with Crippen LogP contribution in [0.1, 0.15) is 17.3 Å². The molecule has 0 aliphatic carbocycles. The molecule has 4 aromatic carbocycles. The first-order valence-corrected chi connectivity index (χ1v) is 13.8. The van der Waals surface area contributed by atoms with E-state index >= 15 is 0 Å². The number of nitro groups is 1. The Morgan fingerprint density at radius 2 is 1.19 bits per heavy atom. The van der Waals surface area contributed by atoms with Crippen molar-refractivity contribution in [1.82, 2.24) is 0 Å². The SMILES string of the molecule is CC=P(c1ccccc1)(c1ccccc1)c1ccccc1.ClCCl.O=Cc1ccc([N+](=O)[O-])c(O)c1. The van der Waals surface area contributed by atoms with Gasteiger partial charge in [-0.05, 0) is 41.9 Å². The average Bonchev–Trinajstić information content (AvgIpc) is 2.92. The van der Waals surface area contributed by atoms with Crippen LogP contribution < -0.4 is 15.9 Å². The predicted octanol–water partition coefficient (Wildman–Crippen LogP) is 6.34. The summed E-state index contributed by atoms with van der Waals surface area (Å²) < 4.78 is 0. The number of phenols is 1. The van der Waals surface area contributed by atoms with E-state index in [0.29, 0.717) is 6.29 Å². The lowest BCUT2D eigenvalue weighted by molar-refractivity contribution is -0.385. The third-order valence-electron chi connectivity index (χ3n) is 5.21. The number of rotatable bonds is 5. The van der Waals surface area contributed by atoms with Gasteiger partial charge in [-0.1, -0.05) is 96.8 Å². The van der Waals surface area contributed by atoms with Crippen LogP contribution in [0.4, 0.5) is 5.69 Å². The Kier molecular flexibility index (Phi) is 11.9. The van der Waals surface area contributed by atoms with Crippen LogP contribution in [0.2, 0.25) is 0 Å². The summed E-state index contributed by atoms with van der Waals surface area (Å²) >= 11 is 9.53. The fourth-order valence-electron chi connectivity index (χ4n) is 3.65. The lowest BCUT2D eigenvalue weighted by Crippen LogP contribution is -2.26. The highest BCUT2D eigenvalue weighted by molar-refractivity contribution is 7.94. The molecule has 4 aromatic rings. The van der Waals surface area contributed by atoms with E-state index in [-0.39, 0.29) is 10.9 Å². The van der Waals surface area contributed by atoms with Gasteiger partial charge in [0.15, 0.2) is 5.75 Å². The maximum atomic E-state index is 10.2. The van der Waals surface area contributed by atoms with Crippen LogP contribution in [-0.2, 0) is 0 Å². The van der Waals surface area contributed by atoms with Gasteiger partial charge < -0.3 is 5.11 Å². The number of nitrogens with zero attached hydrogens (tertiary/aromatic N) is 1. The molecule has 0 aromatic heterocycles. The molecular formula is C28H26Cl2NO4P. The quantitative estimate of drug-likeness (QED) is 0.105. The van der Waals surface area contributed by atoms with Crippen LogP contribution in [-0.4, -0.2) is 27.5 Å². The molecule has 36 heavy (non-hydrogen) atoms. The topological polar surface area (TPSA) is 80.4 Å². The number of carbonyl (C=O) groups is 1. The van der Waals surface area contributed by atoms with Crippen LogP contribution in [0.15, 0.2) is 109 Å². The minimum absolute atomic E-state index is 0.194. The van der Waals surface area contributed by atoms with Gasteiger partial charge in [0.05, 0.1) is 10.3 Å². The number of alkyl halides is 2. The van der Waals surface area contributed by atoms with E-state index in [4.69, 9.17) is 28.3 Å². The summed E-state index contributed by atoms with van der Waals surface area (Å²) in [6.45, 7) is 0.536. The normalized spacial score (nSPS) is 10.1. The molecule has 0 atom stereocenters. The summed E-state index contributed by atoms with van der Waals surface area (Å²) in [5, 5.41) is 23.6. The van der Waals surface area contributed by atoms with Crippen LogP contribution in [0.3, 0.4) is 0 Å². The molecule has 0 heterocycles. The number of benzene rings is 4. The van der Waals surface area contributed by atoms with E-state index in [2.05, 4.69) is 104 Å². The Morgan fingerprint density at radius 1 is 0.806 bits per heavy atom. The number of carbonyl (C=O) groups excluding carboxylic acids is 1. The van der Waals surface area contributed by atoms with E-state index in [1.807, 2.05) is 0 Å². The smallest absolute Gasteiger partial charge is 0.310 e. The van der Waals surface area contributed by atoms with Crippen molar-refractivity contribution in [3.05, 3.63) is 125 Å². The monoisotopic (exact) mass is 541 g/mol. The van der Waals surface area contributed by atoms with E-state index in [1.54, 1.807) is 0 Å². The predicted molar refractivity (Wildman–Crippen MR) is 154 cm³/mol. The highest BCUT2D eigenvalue weighted by atomic mass is 35.5. The van der Waals surface area contributed by atoms with E-state index < -0.39 is 23.2 Å². The second-order valence-electron chi connectivity index (χ2n) is 7.21. The molecule has 0 amide bonds. The lowest BCUT2D eigenvalue weighted by atomic mass is 10.2. The highest BCUT2D eigenvalue weighted by Crippen LogP contribution is 2.43. The first kappa shape index (κ1) is 28.9. The number of aromatic hydroxyl groups is 1. The van der Waals surface area contributed by atoms with Gasteiger partial charge in [-0.2, -0.15) is 0 Å². The van der Waals surface area contributed by atoms with E-state index in [1.165, 1.54) is 22.0 Å². The van der Waals surface area contributed by atoms with Crippen molar-refractivity contribution in [2.24, 2.45) is 0 Å². The Morgan fingerprint density at radius 3 is 1.47 bits per heavy atom. The van der Waals surface area contributed by atoms with Gasteiger partial charge in [-0.3, -0.25) is 14.9 Å². The standard InChI is InChI=1S/C20H19P.C7H5NO4.CH2Cl2/c1-2-21(18-12-6-3-7-13-18,19-14-8-4-9-15-19)20-16-10-5-11-17-20;9-4-5-1-2-6(8(11)12)7(10)3-5;2-1-3/h2-17H,1H3;1-4,10H;1H2. The Bertz CT molecular complexity index is 1200. The number of aldehydes is 1. The van der Waals surface area contributed by atoms with Gasteiger partial charge in [-0.15, -0.1) is 23.2 Å². The number of nitro benzene ring substituents is 1. The lowest BCUT2D eigenvalue weighted by Gasteiger charge is -2.28. The first-order chi connectivity index (χ1) is 17.4. The van der Waals surface area contributed by atoms with Crippen molar-refractivity contribution in [2.75, 3.05) is 5.34 Å². The first-order valence-electron chi connectivity index (χ1n) is 10.8. The second kappa shape index (κ2) is 14.9. The molecule has 8 heteroatoms. The molecule has 5 nitrogen and oxygen atoms in total. The zero-order valence-electron chi connectivity index (χ0n) is 19.6. The van der Waals surface area contributed by atoms with E-state index in [0.717, 1.165) is 12.1 Å². The van der Waals surface area contributed by atoms with Crippen molar-refractivity contribution >= 4 is 63.8 Å². The fraction of sp³-hybridized carbons (Fsp3) is 0.0714.